The van der Waals surface area contributed by atoms with Gasteiger partial charge in [0.25, 0.3) is 0 Å². The van der Waals surface area contributed by atoms with Gasteiger partial charge in [0.05, 0.1) is 6.61 Å². The van der Waals surface area contributed by atoms with Gasteiger partial charge in [0.15, 0.2) is 6.29 Å². The fraction of sp³-hybridized carbons (Fsp3) is 0.250. The van der Waals surface area contributed by atoms with E-state index in [1.807, 2.05) is 6.07 Å². The van der Waals surface area contributed by atoms with Crippen molar-refractivity contribution in [2.45, 2.75) is 6.61 Å². The van der Waals surface area contributed by atoms with Gasteiger partial charge in [0, 0.05) is 13.3 Å². The molecule has 0 amide bonds. The number of hydrogen-bond donors (Lipinski definition) is 0. The van der Waals surface area contributed by atoms with Crippen LogP contribution in [0.3, 0.4) is 0 Å². The van der Waals surface area contributed by atoms with E-state index in [1.54, 1.807) is 19.4 Å². The average molecular weight is 151 g/mol. The van der Waals surface area contributed by atoms with E-state index in [0.717, 1.165) is 11.8 Å². The standard InChI is InChI=1S/C8H9NO2/c1-11-6-7-2-3-8(5-10)9-4-7/h2-5H,6H2,1H3. The van der Waals surface area contributed by atoms with Gasteiger partial charge in [-0.1, -0.05) is 6.07 Å². The van der Waals surface area contributed by atoms with Crippen LogP contribution in [0.25, 0.3) is 0 Å². The van der Waals surface area contributed by atoms with Crippen LogP contribution in [-0.2, 0) is 11.3 Å². The van der Waals surface area contributed by atoms with Crippen LogP contribution in [0, 0.1) is 0 Å². The zero-order chi connectivity index (χ0) is 8.10. The molecule has 3 nitrogen and oxygen atoms in total. The minimum absolute atomic E-state index is 0.449. The number of aromatic nitrogens is 1. The number of rotatable bonds is 3. The van der Waals surface area contributed by atoms with E-state index in [0.29, 0.717) is 12.3 Å². The molecule has 0 saturated carbocycles. The molecule has 0 spiro atoms. The van der Waals surface area contributed by atoms with Crippen LogP contribution in [0.2, 0.25) is 0 Å². The highest BCUT2D eigenvalue weighted by Crippen LogP contribution is 1.99. The molecule has 0 saturated heterocycles. The van der Waals surface area contributed by atoms with Crippen LogP contribution >= 0.6 is 0 Å². The molecule has 1 rings (SSSR count). The number of hydrogen-bond acceptors (Lipinski definition) is 3. The average Bonchev–Trinajstić information content (AvgIpc) is 2.07. The number of nitrogens with zero attached hydrogens (tertiary/aromatic N) is 1. The molecule has 1 heterocycles. The fourth-order valence-corrected chi connectivity index (χ4v) is 0.758. The van der Waals surface area contributed by atoms with Crippen LogP contribution in [0.1, 0.15) is 16.1 Å². The summed E-state index contributed by atoms with van der Waals surface area (Å²) in [6, 6.07) is 3.49. The van der Waals surface area contributed by atoms with Gasteiger partial charge in [-0.05, 0) is 11.6 Å². The smallest absolute Gasteiger partial charge is 0.168 e. The fourth-order valence-electron chi connectivity index (χ4n) is 0.758. The van der Waals surface area contributed by atoms with E-state index >= 15 is 0 Å². The van der Waals surface area contributed by atoms with E-state index < -0.39 is 0 Å². The molecule has 0 aliphatic heterocycles. The van der Waals surface area contributed by atoms with Crippen molar-refractivity contribution >= 4 is 6.29 Å². The maximum absolute atomic E-state index is 10.2. The van der Waals surface area contributed by atoms with Gasteiger partial charge in [0.2, 0.25) is 0 Å². The van der Waals surface area contributed by atoms with Gasteiger partial charge < -0.3 is 4.74 Å². The number of pyridine rings is 1. The van der Waals surface area contributed by atoms with E-state index in [1.165, 1.54) is 0 Å². The molecule has 0 N–H and O–H groups in total. The van der Waals surface area contributed by atoms with Crippen LogP contribution in [0.15, 0.2) is 18.3 Å². The molecule has 0 atom stereocenters. The van der Waals surface area contributed by atoms with Crippen molar-refractivity contribution in [1.82, 2.24) is 4.98 Å². The number of aldehydes is 1. The van der Waals surface area contributed by atoms with Gasteiger partial charge in [-0.25, -0.2) is 0 Å². The summed E-state index contributed by atoms with van der Waals surface area (Å²) in [5, 5.41) is 0. The number of methoxy groups -OCH3 is 1. The highest BCUT2D eigenvalue weighted by molar-refractivity contribution is 5.71. The Kier molecular flexibility index (Phi) is 2.74. The zero-order valence-electron chi connectivity index (χ0n) is 6.28. The number of carbonyl (C=O) groups excluding carboxylic acids is 1. The Bertz CT molecular complexity index is 230. The first kappa shape index (κ1) is 7.88. The van der Waals surface area contributed by atoms with Crippen LogP contribution in [0.4, 0.5) is 0 Å². The lowest BCUT2D eigenvalue weighted by Crippen LogP contribution is -1.91. The lowest BCUT2D eigenvalue weighted by molar-refractivity contribution is 0.111. The van der Waals surface area contributed by atoms with Crippen molar-refractivity contribution in [1.29, 1.82) is 0 Å². The topological polar surface area (TPSA) is 39.2 Å². The molecule has 1 aromatic heterocycles. The maximum atomic E-state index is 10.2. The summed E-state index contributed by atoms with van der Waals surface area (Å²) in [5.41, 5.74) is 1.42. The van der Waals surface area contributed by atoms with Crippen molar-refractivity contribution in [2.24, 2.45) is 0 Å². The minimum Gasteiger partial charge on any atom is -0.380 e. The minimum atomic E-state index is 0.449. The molecule has 0 radical (unpaired) electrons. The zero-order valence-corrected chi connectivity index (χ0v) is 6.28. The van der Waals surface area contributed by atoms with Gasteiger partial charge in [-0.3, -0.25) is 9.78 Å². The lowest BCUT2D eigenvalue weighted by Gasteiger charge is -1.96. The second-order valence-electron chi connectivity index (χ2n) is 2.14. The van der Waals surface area contributed by atoms with Gasteiger partial charge in [-0.15, -0.1) is 0 Å². The molecule has 0 unspecified atom stereocenters. The SMILES string of the molecule is COCc1ccc(C=O)nc1. The first-order chi connectivity index (χ1) is 5.36. The Balaban J connectivity index is 2.74. The van der Waals surface area contributed by atoms with Crippen molar-refractivity contribution < 1.29 is 9.53 Å². The largest absolute Gasteiger partial charge is 0.380 e. The Labute approximate surface area is 65.0 Å². The second-order valence-corrected chi connectivity index (χ2v) is 2.14. The van der Waals surface area contributed by atoms with Crippen molar-refractivity contribution in [3.05, 3.63) is 29.6 Å². The Morgan fingerprint density at radius 1 is 1.64 bits per heavy atom. The lowest BCUT2D eigenvalue weighted by atomic mass is 10.3. The molecule has 58 valence electrons. The van der Waals surface area contributed by atoms with E-state index in [-0.39, 0.29) is 0 Å². The van der Waals surface area contributed by atoms with Crippen LogP contribution in [0.5, 0.6) is 0 Å². The van der Waals surface area contributed by atoms with Gasteiger partial charge in [-0.2, -0.15) is 0 Å². The first-order valence-electron chi connectivity index (χ1n) is 3.26. The van der Waals surface area contributed by atoms with E-state index in [9.17, 15) is 4.79 Å². The summed E-state index contributed by atoms with van der Waals surface area (Å²) in [6.45, 7) is 0.534. The Morgan fingerprint density at radius 3 is 2.91 bits per heavy atom. The van der Waals surface area contributed by atoms with Crippen molar-refractivity contribution in [2.75, 3.05) is 7.11 Å². The summed E-state index contributed by atoms with van der Waals surface area (Å²) >= 11 is 0. The van der Waals surface area contributed by atoms with Crippen LogP contribution < -0.4 is 0 Å². The normalized spacial score (nSPS) is 9.55. The highest BCUT2D eigenvalue weighted by Gasteiger charge is 1.92. The monoisotopic (exact) mass is 151 g/mol. The molecular formula is C8H9NO2. The van der Waals surface area contributed by atoms with Crippen molar-refractivity contribution in [3.8, 4) is 0 Å². The summed E-state index contributed by atoms with van der Waals surface area (Å²) in [6.07, 6.45) is 2.35. The Morgan fingerprint density at radius 2 is 2.45 bits per heavy atom. The third-order valence-electron chi connectivity index (χ3n) is 1.28. The summed E-state index contributed by atoms with van der Waals surface area (Å²) in [5.74, 6) is 0. The van der Waals surface area contributed by atoms with Crippen molar-refractivity contribution in [3.63, 3.8) is 0 Å². The molecule has 1 aromatic rings. The molecule has 0 aliphatic carbocycles. The Hall–Kier alpha value is -1.22. The van der Waals surface area contributed by atoms with Crippen LogP contribution in [-0.4, -0.2) is 18.4 Å². The quantitative estimate of drug-likeness (QED) is 0.606. The summed E-state index contributed by atoms with van der Waals surface area (Å²) in [4.78, 5) is 14.0. The predicted octanol–water partition coefficient (Wildman–Crippen LogP) is 1.04. The molecule has 11 heavy (non-hydrogen) atoms. The maximum Gasteiger partial charge on any atom is 0.168 e. The highest BCUT2D eigenvalue weighted by atomic mass is 16.5. The second kappa shape index (κ2) is 3.83. The molecule has 0 fully saturated rings. The van der Waals surface area contributed by atoms with E-state index in [4.69, 9.17) is 4.74 Å². The molecule has 0 aromatic carbocycles. The molecule has 0 aliphatic rings. The van der Waals surface area contributed by atoms with E-state index in [2.05, 4.69) is 4.98 Å². The number of carbonyl (C=O) groups is 1. The van der Waals surface area contributed by atoms with Gasteiger partial charge in [0.1, 0.15) is 5.69 Å². The summed E-state index contributed by atoms with van der Waals surface area (Å²) in [7, 11) is 1.62. The first-order valence-corrected chi connectivity index (χ1v) is 3.26. The van der Waals surface area contributed by atoms with Gasteiger partial charge >= 0.3 is 0 Å². The number of ether oxygens (including phenoxy) is 1. The summed E-state index contributed by atoms with van der Waals surface area (Å²) < 4.78 is 4.87. The predicted molar refractivity (Wildman–Crippen MR) is 40.3 cm³/mol. The molecule has 0 bridgehead atoms. The third kappa shape index (κ3) is 2.13. The molecular weight excluding hydrogens is 142 g/mol. The third-order valence-corrected chi connectivity index (χ3v) is 1.28. The molecule has 3 heteroatoms.